The quantitative estimate of drug-likeness (QED) is 0.812. The Labute approximate surface area is 109 Å². The normalized spacial score (nSPS) is 13.1. The second kappa shape index (κ2) is 6.52. The topological polar surface area (TPSA) is 50.4 Å². The smallest absolute Gasteiger partial charge is 0.241 e. The molecule has 0 bridgehead atoms. The molecule has 0 aliphatic rings. The molecule has 0 spiro atoms. The van der Waals surface area contributed by atoms with Crippen LogP contribution in [0.3, 0.4) is 0 Å². The van der Waals surface area contributed by atoms with Crippen LogP contribution in [0, 0.1) is 0 Å². The maximum atomic E-state index is 12.0. The largest absolute Gasteiger partial charge is 0.383 e. The van der Waals surface area contributed by atoms with Crippen LogP contribution < -0.4 is 10.6 Å². The van der Waals surface area contributed by atoms with Crippen LogP contribution in [0.15, 0.2) is 30.3 Å². The van der Waals surface area contributed by atoms with E-state index in [0.717, 1.165) is 5.69 Å². The number of benzene rings is 1. The summed E-state index contributed by atoms with van der Waals surface area (Å²) in [6, 6.07) is 9.15. The van der Waals surface area contributed by atoms with Gasteiger partial charge in [0.2, 0.25) is 5.91 Å². The number of amides is 1. The molecule has 1 unspecified atom stereocenters. The van der Waals surface area contributed by atoms with Gasteiger partial charge >= 0.3 is 0 Å². The monoisotopic (exact) mass is 250 g/mol. The number of para-hydroxylation sites is 1. The van der Waals surface area contributed by atoms with Gasteiger partial charge in [0.05, 0.1) is 12.6 Å². The van der Waals surface area contributed by atoms with E-state index in [1.165, 1.54) is 0 Å². The van der Waals surface area contributed by atoms with Crippen molar-refractivity contribution in [1.29, 1.82) is 0 Å². The summed E-state index contributed by atoms with van der Waals surface area (Å²) in [6.45, 7) is 6.40. The van der Waals surface area contributed by atoms with E-state index in [-0.39, 0.29) is 17.5 Å². The van der Waals surface area contributed by atoms with E-state index in [2.05, 4.69) is 10.6 Å². The Balaban J connectivity index is 2.52. The molecule has 0 radical (unpaired) electrons. The Morgan fingerprint density at radius 2 is 1.94 bits per heavy atom. The van der Waals surface area contributed by atoms with Gasteiger partial charge in [0.1, 0.15) is 0 Å². The summed E-state index contributed by atoms with van der Waals surface area (Å²) in [4.78, 5) is 12.0. The molecule has 1 rings (SSSR count). The van der Waals surface area contributed by atoms with Crippen molar-refractivity contribution in [3.8, 4) is 0 Å². The lowest BCUT2D eigenvalue weighted by Crippen LogP contribution is -2.52. The van der Waals surface area contributed by atoms with Gasteiger partial charge in [-0.2, -0.15) is 0 Å². The Morgan fingerprint density at radius 1 is 1.33 bits per heavy atom. The number of hydrogen-bond donors (Lipinski definition) is 2. The number of nitrogens with one attached hydrogen (secondary N) is 2. The second-order valence-corrected chi connectivity index (χ2v) is 5.04. The molecule has 2 N–H and O–H groups in total. The van der Waals surface area contributed by atoms with Crippen molar-refractivity contribution in [2.24, 2.45) is 0 Å². The molecule has 4 nitrogen and oxygen atoms in total. The average Bonchev–Trinajstić information content (AvgIpc) is 2.29. The van der Waals surface area contributed by atoms with Crippen molar-refractivity contribution < 1.29 is 9.53 Å². The zero-order valence-electron chi connectivity index (χ0n) is 11.5. The van der Waals surface area contributed by atoms with Gasteiger partial charge in [0.15, 0.2) is 0 Å². The highest BCUT2D eigenvalue weighted by Crippen LogP contribution is 2.08. The molecule has 18 heavy (non-hydrogen) atoms. The fourth-order valence-electron chi connectivity index (χ4n) is 1.83. The van der Waals surface area contributed by atoms with Crippen molar-refractivity contribution in [3.63, 3.8) is 0 Å². The van der Waals surface area contributed by atoms with Crippen molar-refractivity contribution in [2.75, 3.05) is 19.0 Å². The third-order valence-corrected chi connectivity index (χ3v) is 2.55. The van der Waals surface area contributed by atoms with Crippen molar-refractivity contribution >= 4 is 11.6 Å². The first kappa shape index (κ1) is 14.7. The minimum absolute atomic E-state index is 0.0506. The minimum atomic E-state index is -0.282. The Morgan fingerprint density at radius 3 is 2.50 bits per heavy atom. The summed E-state index contributed by atoms with van der Waals surface area (Å²) in [5, 5.41) is 6.10. The van der Waals surface area contributed by atoms with Crippen molar-refractivity contribution in [3.05, 3.63) is 30.3 Å². The average molecular weight is 250 g/mol. The maximum absolute atomic E-state index is 12.0. The predicted molar refractivity (Wildman–Crippen MR) is 73.6 cm³/mol. The Kier molecular flexibility index (Phi) is 5.31. The van der Waals surface area contributed by atoms with E-state index in [1.807, 2.05) is 51.1 Å². The molecule has 0 aliphatic heterocycles. The van der Waals surface area contributed by atoms with E-state index < -0.39 is 0 Å². The number of carbonyl (C=O) groups is 1. The molecule has 100 valence electrons. The number of carbonyl (C=O) groups excluding carboxylic acids is 1. The van der Waals surface area contributed by atoms with Crippen LogP contribution in [-0.4, -0.2) is 31.2 Å². The van der Waals surface area contributed by atoms with E-state index in [9.17, 15) is 4.79 Å². The summed E-state index contributed by atoms with van der Waals surface area (Å²) in [7, 11) is 1.65. The summed E-state index contributed by atoms with van der Waals surface area (Å²) in [5.74, 6) is -0.0506. The van der Waals surface area contributed by atoms with Gasteiger partial charge in [-0.25, -0.2) is 0 Å². The van der Waals surface area contributed by atoms with Gasteiger partial charge in [0.25, 0.3) is 0 Å². The first-order valence-corrected chi connectivity index (χ1v) is 6.07. The van der Waals surface area contributed by atoms with Gasteiger partial charge in [-0.1, -0.05) is 18.2 Å². The van der Waals surface area contributed by atoms with Crippen LogP contribution in [-0.2, 0) is 9.53 Å². The highest BCUT2D eigenvalue weighted by Gasteiger charge is 2.23. The molecule has 1 aromatic rings. The second-order valence-electron chi connectivity index (χ2n) is 5.04. The number of hydrogen-bond acceptors (Lipinski definition) is 3. The highest BCUT2D eigenvalue weighted by atomic mass is 16.5. The zero-order valence-corrected chi connectivity index (χ0v) is 11.5. The van der Waals surface area contributed by atoms with E-state index in [1.54, 1.807) is 7.11 Å². The highest BCUT2D eigenvalue weighted by molar-refractivity contribution is 5.94. The lowest BCUT2D eigenvalue weighted by atomic mass is 10.1. The number of ether oxygens (including phenoxy) is 1. The molecule has 0 aromatic heterocycles. The van der Waals surface area contributed by atoms with Crippen LogP contribution in [0.4, 0.5) is 5.69 Å². The van der Waals surface area contributed by atoms with E-state index >= 15 is 0 Å². The van der Waals surface area contributed by atoms with Gasteiger partial charge in [-0.3, -0.25) is 10.1 Å². The zero-order chi connectivity index (χ0) is 13.6. The molecule has 0 saturated heterocycles. The van der Waals surface area contributed by atoms with Gasteiger partial charge in [-0.15, -0.1) is 0 Å². The SMILES string of the molecule is COCC(C)(C)NC(C)C(=O)Nc1ccccc1. The lowest BCUT2D eigenvalue weighted by Gasteiger charge is -2.28. The third kappa shape index (κ3) is 4.85. The standard InChI is InChI=1S/C14H22N2O2/c1-11(16-14(2,3)10-18-4)13(17)15-12-8-6-5-7-9-12/h5-9,11,16H,10H2,1-4H3,(H,15,17). The third-order valence-electron chi connectivity index (χ3n) is 2.55. The molecule has 1 atom stereocenters. The molecule has 0 saturated carbocycles. The summed E-state index contributed by atoms with van der Waals surface area (Å²) >= 11 is 0. The van der Waals surface area contributed by atoms with Crippen LogP contribution in [0.2, 0.25) is 0 Å². The molecule has 4 heteroatoms. The maximum Gasteiger partial charge on any atom is 0.241 e. The molecule has 0 fully saturated rings. The number of rotatable bonds is 6. The Bertz CT molecular complexity index is 377. The summed E-state index contributed by atoms with van der Waals surface area (Å²) in [5.41, 5.74) is 0.572. The van der Waals surface area contributed by atoms with E-state index in [4.69, 9.17) is 4.74 Å². The van der Waals surface area contributed by atoms with Gasteiger partial charge < -0.3 is 10.1 Å². The van der Waals surface area contributed by atoms with Crippen LogP contribution in [0.25, 0.3) is 0 Å². The fraction of sp³-hybridized carbons (Fsp3) is 0.500. The van der Waals surface area contributed by atoms with Crippen LogP contribution in [0.5, 0.6) is 0 Å². The van der Waals surface area contributed by atoms with Gasteiger partial charge in [0, 0.05) is 18.3 Å². The minimum Gasteiger partial charge on any atom is -0.383 e. The summed E-state index contributed by atoms with van der Waals surface area (Å²) in [6.07, 6.45) is 0. The molecular formula is C14H22N2O2. The molecule has 1 amide bonds. The van der Waals surface area contributed by atoms with Crippen molar-refractivity contribution in [1.82, 2.24) is 5.32 Å². The van der Waals surface area contributed by atoms with E-state index in [0.29, 0.717) is 6.61 Å². The molecule has 0 heterocycles. The van der Waals surface area contributed by atoms with Gasteiger partial charge in [-0.05, 0) is 32.9 Å². The first-order valence-electron chi connectivity index (χ1n) is 6.07. The fourth-order valence-corrected chi connectivity index (χ4v) is 1.83. The molecular weight excluding hydrogens is 228 g/mol. The first-order chi connectivity index (χ1) is 8.44. The summed E-state index contributed by atoms with van der Waals surface area (Å²) < 4.78 is 5.11. The Hall–Kier alpha value is -1.39. The molecule has 0 aliphatic carbocycles. The van der Waals surface area contributed by atoms with Crippen molar-refractivity contribution in [2.45, 2.75) is 32.4 Å². The van der Waals surface area contributed by atoms with Crippen LogP contribution in [0.1, 0.15) is 20.8 Å². The number of anilines is 1. The van der Waals surface area contributed by atoms with Crippen LogP contribution >= 0.6 is 0 Å². The predicted octanol–water partition coefficient (Wildman–Crippen LogP) is 2.03. The lowest BCUT2D eigenvalue weighted by molar-refractivity contribution is -0.118. The molecule has 1 aromatic carbocycles. The number of methoxy groups -OCH3 is 1.